The van der Waals surface area contributed by atoms with Gasteiger partial charge in [-0.2, -0.15) is 20.5 Å². The summed E-state index contributed by atoms with van der Waals surface area (Å²) in [6.07, 6.45) is -2.00. The molecule has 0 fully saturated rings. The van der Waals surface area contributed by atoms with Crippen LogP contribution in [-0.2, 0) is 61.7 Å². The van der Waals surface area contributed by atoms with Gasteiger partial charge in [0.15, 0.2) is 29.3 Å². The molecule has 19 nitrogen and oxygen atoms in total. The molecule has 68 heavy (non-hydrogen) atoms. The number of rotatable bonds is 34. The molecule has 0 saturated heterocycles. The summed E-state index contributed by atoms with van der Waals surface area (Å²) in [5, 5.41) is 4.46. The molecule has 2 aromatic carbocycles. The van der Waals surface area contributed by atoms with Crippen molar-refractivity contribution in [2.75, 3.05) is 146 Å². The Balaban J connectivity index is 0.000000680. The minimum Gasteiger partial charge on any atom is -0.447 e. The van der Waals surface area contributed by atoms with Crippen LogP contribution in [0.1, 0.15) is 11.1 Å². The second-order valence-corrected chi connectivity index (χ2v) is 14.5. The summed E-state index contributed by atoms with van der Waals surface area (Å²) in [7, 11) is 6.07. The van der Waals surface area contributed by atoms with E-state index in [1.807, 2.05) is 0 Å². The van der Waals surface area contributed by atoms with Crippen LogP contribution in [0.5, 0.6) is 11.5 Å². The summed E-state index contributed by atoms with van der Waals surface area (Å²) in [4.78, 5) is 49.2. The third-order valence-electron chi connectivity index (χ3n) is 8.12. The number of benzene rings is 2. The fourth-order valence-electron chi connectivity index (χ4n) is 4.63. The summed E-state index contributed by atoms with van der Waals surface area (Å²) in [6.45, 7) is 5.20. The average molecular weight is 1010 g/mol. The Morgan fingerprint density at radius 2 is 0.838 bits per heavy atom. The highest BCUT2D eigenvalue weighted by Gasteiger charge is 2.30. The third kappa shape index (κ3) is 25.7. The molecule has 0 spiro atoms. The van der Waals surface area contributed by atoms with Crippen LogP contribution >= 0.6 is 11.8 Å². The van der Waals surface area contributed by atoms with E-state index in [-0.39, 0.29) is 56.5 Å². The number of halogens is 6. The van der Waals surface area contributed by atoms with E-state index >= 15 is 0 Å². The van der Waals surface area contributed by atoms with Gasteiger partial charge < -0.3 is 72.2 Å². The first kappa shape index (κ1) is 61.5. The van der Waals surface area contributed by atoms with Gasteiger partial charge in [0.25, 0.3) is 0 Å². The van der Waals surface area contributed by atoms with Crippen LogP contribution in [-0.4, -0.2) is 182 Å². The van der Waals surface area contributed by atoms with Gasteiger partial charge in [0.05, 0.1) is 92.5 Å². The summed E-state index contributed by atoms with van der Waals surface area (Å²) < 4.78 is 148. The van der Waals surface area contributed by atoms with Gasteiger partial charge in [0.1, 0.15) is 19.3 Å². The van der Waals surface area contributed by atoms with Crippen LogP contribution in [0.2, 0.25) is 0 Å². The number of nitrogens with one attached hydrogen (secondary N) is 2. The first-order chi connectivity index (χ1) is 32.6. The van der Waals surface area contributed by atoms with Gasteiger partial charge in [-0.1, -0.05) is 0 Å². The molecule has 2 amide bonds. The number of thioether (sulfide) groups is 1. The Morgan fingerprint density at radius 1 is 0.485 bits per heavy atom. The maximum atomic E-state index is 14.2. The first-order valence-corrected chi connectivity index (χ1v) is 21.8. The van der Waals surface area contributed by atoms with E-state index in [1.54, 1.807) is 0 Å². The lowest BCUT2D eigenvalue weighted by atomic mass is 10.2. The molecule has 0 bridgehead atoms. The predicted molar refractivity (Wildman–Crippen MR) is 229 cm³/mol. The SMILES string of the molecule is COCCOCCOC(=O)N[C@@H](CSCCOCCOC)C(=O)Oc1c(F)c(C)cc(F)c1F.COCCOCCOC[C@H](NC(=O)OCCOCCOC)C(=O)Oc1c(F)c(C)cc(F)c1F. The number of aryl methyl sites for hydroxylation is 2. The Kier molecular flexibility index (Phi) is 33.8. The molecule has 2 atom stereocenters. The zero-order valence-corrected chi connectivity index (χ0v) is 39.5. The van der Waals surface area contributed by atoms with Crippen LogP contribution in [0, 0.1) is 48.8 Å². The van der Waals surface area contributed by atoms with Crippen molar-refractivity contribution in [3.63, 3.8) is 0 Å². The van der Waals surface area contributed by atoms with E-state index in [0.717, 1.165) is 0 Å². The zero-order valence-electron chi connectivity index (χ0n) is 38.7. The number of ether oxygens (including phenoxy) is 13. The molecule has 0 aliphatic carbocycles. The van der Waals surface area contributed by atoms with Gasteiger partial charge >= 0.3 is 24.1 Å². The highest BCUT2D eigenvalue weighted by molar-refractivity contribution is 7.99. The van der Waals surface area contributed by atoms with E-state index in [9.17, 15) is 45.5 Å². The van der Waals surface area contributed by atoms with E-state index in [0.29, 0.717) is 77.3 Å². The smallest absolute Gasteiger partial charge is 0.408 e. The Bertz CT molecular complexity index is 1610. The van der Waals surface area contributed by atoms with Crippen molar-refractivity contribution in [3.8, 4) is 11.5 Å². The molecular formula is C42H60F6N2O17S. The van der Waals surface area contributed by atoms with Gasteiger partial charge in [-0.05, 0) is 37.1 Å². The number of amides is 2. The van der Waals surface area contributed by atoms with Crippen molar-refractivity contribution >= 4 is 35.9 Å². The number of carbonyl (C=O) groups excluding carboxylic acids is 4. The number of carbonyl (C=O) groups is 4. The fraction of sp³-hybridized carbons (Fsp3) is 0.619. The molecule has 0 saturated carbocycles. The normalized spacial score (nSPS) is 11.8. The Morgan fingerprint density at radius 3 is 1.26 bits per heavy atom. The molecule has 0 radical (unpaired) electrons. The summed E-state index contributed by atoms with van der Waals surface area (Å²) >= 11 is 1.22. The second kappa shape index (κ2) is 37.4. The van der Waals surface area contributed by atoms with Crippen molar-refractivity contribution in [1.29, 1.82) is 0 Å². The highest BCUT2D eigenvalue weighted by atomic mass is 32.2. The molecular weight excluding hydrogens is 951 g/mol. The molecule has 0 aromatic heterocycles. The maximum absolute atomic E-state index is 14.2. The fourth-order valence-corrected chi connectivity index (χ4v) is 5.49. The summed E-state index contributed by atoms with van der Waals surface area (Å²) in [6, 6.07) is -1.60. The van der Waals surface area contributed by atoms with Gasteiger partial charge in [0.2, 0.25) is 23.1 Å². The van der Waals surface area contributed by atoms with E-state index in [4.69, 9.17) is 61.6 Å². The molecule has 0 aliphatic rings. The van der Waals surface area contributed by atoms with Crippen LogP contribution in [0.4, 0.5) is 35.9 Å². The molecule has 388 valence electrons. The van der Waals surface area contributed by atoms with Crippen LogP contribution in [0.25, 0.3) is 0 Å². The standard InChI is InChI=1S/C21H30F3NO9.C21H30F3NO8S/c1-14-12-15(22)18(24)19(17(14)23)34-20(26)16(13-32-9-8-30-6-4-28-2)25-21(27)33-11-10-31-7-5-29-3;1-14-12-15(22)18(24)19(17(14)23)33-20(26)16(13-34-11-10-31-7-5-29-3)25-21(27)32-9-8-30-6-4-28-2/h2*12,16H,4-11,13H2,1-3H3,(H,25,27)/t2*16-/m00/s1. The largest absolute Gasteiger partial charge is 0.447 e. The van der Waals surface area contributed by atoms with Crippen molar-refractivity contribution in [2.24, 2.45) is 0 Å². The molecule has 26 heteroatoms. The minimum atomic E-state index is -1.68. The van der Waals surface area contributed by atoms with E-state index in [2.05, 4.69) is 10.6 Å². The van der Waals surface area contributed by atoms with Crippen LogP contribution < -0.4 is 20.1 Å². The van der Waals surface area contributed by atoms with Crippen LogP contribution in [0.15, 0.2) is 12.1 Å². The lowest BCUT2D eigenvalue weighted by Crippen LogP contribution is -2.46. The van der Waals surface area contributed by atoms with Crippen molar-refractivity contribution in [1.82, 2.24) is 10.6 Å². The van der Waals surface area contributed by atoms with Gasteiger partial charge in [0, 0.05) is 39.9 Å². The topological polar surface area (TPSA) is 212 Å². The third-order valence-corrected chi connectivity index (χ3v) is 9.14. The quantitative estimate of drug-likeness (QED) is 0.0330. The predicted octanol–water partition coefficient (Wildman–Crippen LogP) is 4.23. The number of esters is 2. The second-order valence-electron chi connectivity index (χ2n) is 13.3. The molecule has 0 heterocycles. The zero-order chi connectivity index (χ0) is 50.7. The molecule has 0 aliphatic heterocycles. The van der Waals surface area contributed by atoms with Crippen molar-refractivity contribution in [3.05, 3.63) is 58.2 Å². The lowest BCUT2D eigenvalue weighted by Gasteiger charge is -2.18. The number of hydrogen-bond acceptors (Lipinski definition) is 18. The van der Waals surface area contributed by atoms with E-state index in [1.165, 1.54) is 54.0 Å². The number of hydrogen-bond donors (Lipinski definition) is 2. The number of alkyl carbamates (subject to hydrolysis) is 2. The van der Waals surface area contributed by atoms with Gasteiger partial charge in [-0.15, -0.1) is 0 Å². The summed E-state index contributed by atoms with van der Waals surface area (Å²) in [5.41, 5.74) is -0.523. The Hall–Kier alpha value is -4.51. The molecule has 0 unspecified atom stereocenters. The average Bonchev–Trinajstić information content (AvgIpc) is 3.31. The monoisotopic (exact) mass is 1010 g/mol. The maximum Gasteiger partial charge on any atom is 0.408 e. The van der Waals surface area contributed by atoms with Crippen LogP contribution in [0.3, 0.4) is 0 Å². The number of methoxy groups -OCH3 is 4. The van der Waals surface area contributed by atoms with Gasteiger partial charge in [-0.3, -0.25) is 0 Å². The highest BCUT2D eigenvalue weighted by Crippen LogP contribution is 2.28. The lowest BCUT2D eigenvalue weighted by molar-refractivity contribution is -0.139. The molecule has 2 rings (SSSR count). The van der Waals surface area contributed by atoms with E-state index < -0.39 is 89.2 Å². The Labute approximate surface area is 394 Å². The first-order valence-electron chi connectivity index (χ1n) is 20.6. The molecule has 2 aromatic rings. The van der Waals surface area contributed by atoms with Crippen molar-refractivity contribution < 1.29 is 107 Å². The summed E-state index contributed by atoms with van der Waals surface area (Å²) in [5.74, 6) is -13.0. The van der Waals surface area contributed by atoms with Crippen molar-refractivity contribution in [2.45, 2.75) is 25.9 Å². The molecule has 2 N–H and O–H groups in total. The minimum absolute atomic E-state index is 0.0244. The van der Waals surface area contributed by atoms with Gasteiger partial charge in [-0.25, -0.2) is 36.7 Å².